The number of hydrogen-bond donors (Lipinski definition) is 0. The van der Waals surface area contributed by atoms with E-state index in [1.165, 1.54) is 0 Å². The van der Waals surface area contributed by atoms with Crippen LogP contribution in [0.15, 0.2) is 18.2 Å². The molecule has 0 amide bonds. The Morgan fingerprint density at radius 3 is 2.50 bits per heavy atom. The van der Waals surface area contributed by atoms with Gasteiger partial charge in [0.05, 0.1) is 4.92 Å². The van der Waals surface area contributed by atoms with Crippen LogP contribution in [0.2, 0.25) is 5.02 Å². The second kappa shape index (κ2) is 4.56. The summed E-state index contributed by atoms with van der Waals surface area (Å²) in [6, 6.07) is 3.00. The van der Waals surface area contributed by atoms with Gasteiger partial charge in [-0.1, -0.05) is 11.6 Å². The van der Waals surface area contributed by atoms with E-state index in [1.54, 1.807) is 0 Å². The molecule has 0 bridgehead atoms. The zero-order valence-electron chi connectivity index (χ0n) is 7.62. The number of hydrogen-bond acceptors (Lipinski definition) is 3. The summed E-state index contributed by atoms with van der Waals surface area (Å²) in [5.74, 6) is -0.173. The van der Waals surface area contributed by atoms with Crippen LogP contribution in [0, 0.1) is 10.1 Å². The van der Waals surface area contributed by atoms with Crippen LogP contribution in [-0.4, -0.2) is 17.7 Å². The van der Waals surface area contributed by atoms with Crippen LogP contribution in [0.25, 0.3) is 0 Å². The number of ether oxygens (including phenoxy) is 1. The van der Waals surface area contributed by atoms with E-state index >= 15 is 0 Å². The molecule has 1 aromatic carbocycles. The van der Waals surface area contributed by atoms with Crippen molar-refractivity contribution in [2.24, 2.45) is 0 Å². The quantitative estimate of drug-likeness (QED) is 0.616. The highest BCUT2D eigenvalue weighted by atomic mass is 35.5. The van der Waals surface area contributed by atoms with Crippen molar-refractivity contribution in [3.8, 4) is 5.75 Å². The zero-order valence-corrected chi connectivity index (χ0v) is 8.38. The Morgan fingerprint density at radius 2 is 2.06 bits per heavy atom. The van der Waals surface area contributed by atoms with Gasteiger partial charge in [-0.05, 0) is 6.07 Å². The average Bonchev–Trinajstić information content (AvgIpc) is 2.13. The number of benzene rings is 1. The molecule has 0 aliphatic heterocycles. The molecule has 0 aliphatic carbocycles. The van der Waals surface area contributed by atoms with E-state index < -0.39 is 17.7 Å². The van der Waals surface area contributed by atoms with Crippen molar-refractivity contribution >= 4 is 17.3 Å². The van der Waals surface area contributed by atoms with E-state index in [-0.39, 0.29) is 16.5 Å². The monoisotopic (exact) mass is 255 g/mol. The Morgan fingerprint density at radius 1 is 1.44 bits per heavy atom. The normalized spacial score (nSPS) is 11.2. The molecule has 0 atom stereocenters. The molecule has 0 aliphatic rings. The van der Waals surface area contributed by atoms with Crippen LogP contribution in [0.1, 0.15) is 0 Å². The smallest absolute Gasteiger partial charge is 0.422 e. The standard InChI is InChI=1S/C8H5ClF3NO3/c9-6-3-5(16-4-8(10,11)12)1-2-7(6)13(14)15/h1-3H,4H2. The second-order valence-corrected chi connectivity index (χ2v) is 3.18. The van der Waals surface area contributed by atoms with E-state index in [0.29, 0.717) is 0 Å². The zero-order chi connectivity index (χ0) is 12.3. The van der Waals surface area contributed by atoms with Gasteiger partial charge in [-0.2, -0.15) is 13.2 Å². The third kappa shape index (κ3) is 3.58. The molecule has 0 heterocycles. The van der Waals surface area contributed by atoms with E-state index in [0.717, 1.165) is 18.2 Å². The van der Waals surface area contributed by atoms with Crippen LogP contribution in [0.5, 0.6) is 5.75 Å². The van der Waals surface area contributed by atoms with E-state index in [2.05, 4.69) is 4.74 Å². The lowest BCUT2D eigenvalue weighted by Crippen LogP contribution is -2.19. The molecule has 0 unspecified atom stereocenters. The Bertz CT molecular complexity index is 408. The number of nitrogens with zero attached hydrogens (tertiary/aromatic N) is 1. The maximum absolute atomic E-state index is 11.8. The minimum absolute atomic E-state index is 0.173. The number of alkyl halides is 3. The lowest BCUT2D eigenvalue weighted by atomic mass is 10.3. The Labute approximate surface area is 92.7 Å². The Balaban J connectivity index is 2.78. The predicted molar refractivity (Wildman–Crippen MR) is 49.7 cm³/mol. The van der Waals surface area contributed by atoms with E-state index in [1.807, 2.05) is 0 Å². The van der Waals surface area contributed by atoms with Crippen molar-refractivity contribution in [1.82, 2.24) is 0 Å². The fourth-order valence-electron chi connectivity index (χ4n) is 0.891. The van der Waals surface area contributed by atoms with Crippen LogP contribution < -0.4 is 4.74 Å². The first-order valence-corrected chi connectivity index (χ1v) is 4.31. The number of halogens is 4. The highest BCUT2D eigenvalue weighted by Crippen LogP contribution is 2.29. The SMILES string of the molecule is O=[N+]([O-])c1ccc(OCC(F)(F)F)cc1Cl. The van der Waals surface area contributed by atoms with Gasteiger partial charge in [0.15, 0.2) is 6.61 Å². The van der Waals surface area contributed by atoms with Crippen LogP contribution >= 0.6 is 11.6 Å². The lowest BCUT2D eigenvalue weighted by molar-refractivity contribution is -0.384. The first kappa shape index (κ1) is 12.6. The van der Waals surface area contributed by atoms with Crippen molar-refractivity contribution in [2.75, 3.05) is 6.61 Å². The van der Waals surface area contributed by atoms with Crippen molar-refractivity contribution in [2.45, 2.75) is 6.18 Å². The minimum Gasteiger partial charge on any atom is -0.484 e. The van der Waals surface area contributed by atoms with E-state index in [4.69, 9.17) is 11.6 Å². The largest absolute Gasteiger partial charge is 0.484 e. The maximum atomic E-state index is 11.8. The Kier molecular flexibility index (Phi) is 3.58. The van der Waals surface area contributed by atoms with Gasteiger partial charge >= 0.3 is 6.18 Å². The van der Waals surface area contributed by atoms with Crippen LogP contribution in [-0.2, 0) is 0 Å². The maximum Gasteiger partial charge on any atom is 0.422 e. The molecule has 0 saturated carbocycles. The topological polar surface area (TPSA) is 52.4 Å². The van der Waals surface area contributed by atoms with Gasteiger partial charge in [0, 0.05) is 12.1 Å². The highest BCUT2D eigenvalue weighted by molar-refractivity contribution is 6.32. The molecule has 88 valence electrons. The summed E-state index contributed by atoms with van der Waals surface area (Å²) in [6.07, 6.45) is -4.46. The van der Waals surface area contributed by atoms with Gasteiger partial charge in [-0.25, -0.2) is 0 Å². The number of rotatable bonds is 3. The van der Waals surface area contributed by atoms with Gasteiger partial charge in [0.25, 0.3) is 5.69 Å². The molecule has 16 heavy (non-hydrogen) atoms. The summed E-state index contributed by atoms with van der Waals surface area (Å²) in [6.45, 7) is -1.47. The molecular formula is C8H5ClF3NO3. The molecule has 0 spiro atoms. The molecule has 8 heteroatoms. The third-order valence-corrected chi connectivity index (χ3v) is 1.82. The molecule has 0 N–H and O–H groups in total. The molecular weight excluding hydrogens is 251 g/mol. The first-order chi connectivity index (χ1) is 7.29. The Hall–Kier alpha value is -1.50. The summed E-state index contributed by atoms with van der Waals surface area (Å²) in [7, 11) is 0. The summed E-state index contributed by atoms with van der Waals surface area (Å²) in [4.78, 5) is 9.61. The average molecular weight is 256 g/mol. The van der Waals surface area contributed by atoms with Crippen molar-refractivity contribution in [1.29, 1.82) is 0 Å². The van der Waals surface area contributed by atoms with Crippen molar-refractivity contribution < 1.29 is 22.8 Å². The molecule has 1 aromatic rings. The van der Waals surface area contributed by atoms with E-state index in [9.17, 15) is 23.3 Å². The number of nitro groups is 1. The first-order valence-electron chi connectivity index (χ1n) is 3.93. The van der Waals surface area contributed by atoms with Crippen LogP contribution in [0.3, 0.4) is 0 Å². The number of nitro benzene ring substituents is 1. The van der Waals surface area contributed by atoms with Gasteiger partial charge in [-0.3, -0.25) is 10.1 Å². The third-order valence-electron chi connectivity index (χ3n) is 1.52. The van der Waals surface area contributed by atoms with Crippen molar-refractivity contribution in [3.63, 3.8) is 0 Å². The minimum atomic E-state index is -4.46. The second-order valence-electron chi connectivity index (χ2n) is 2.77. The van der Waals surface area contributed by atoms with Gasteiger partial charge < -0.3 is 4.74 Å². The summed E-state index contributed by atoms with van der Waals surface area (Å²) >= 11 is 5.47. The summed E-state index contributed by atoms with van der Waals surface area (Å²) < 4.78 is 39.7. The van der Waals surface area contributed by atoms with Gasteiger partial charge in [0.1, 0.15) is 10.8 Å². The van der Waals surface area contributed by atoms with Gasteiger partial charge in [-0.15, -0.1) is 0 Å². The fraction of sp³-hybridized carbons (Fsp3) is 0.250. The summed E-state index contributed by atoms with van der Waals surface area (Å²) in [5, 5.41) is 10.1. The molecule has 4 nitrogen and oxygen atoms in total. The fourth-order valence-corrected chi connectivity index (χ4v) is 1.13. The molecule has 0 saturated heterocycles. The van der Waals surface area contributed by atoms with Crippen LogP contribution in [0.4, 0.5) is 18.9 Å². The molecule has 1 rings (SSSR count). The summed E-state index contributed by atoms with van der Waals surface area (Å²) in [5.41, 5.74) is -0.388. The van der Waals surface area contributed by atoms with Gasteiger partial charge in [0.2, 0.25) is 0 Å². The highest BCUT2D eigenvalue weighted by Gasteiger charge is 2.28. The predicted octanol–water partition coefficient (Wildman–Crippen LogP) is 3.19. The molecule has 0 radical (unpaired) electrons. The lowest BCUT2D eigenvalue weighted by Gasteiger charge is -2.08. The molecule has 0 fully saturated rings. The van der Waals surface area contributed by atoms with Crippen molar-refractivity contribution in [3.05, 3.63) is 33.3 Å². The molecule has 0 aromatic heterocycles.